The molecule has 1 rings (SSSR count). The van der Waals surface area contributed by atoms with Crippen LogP contribution in [0.4, 0.5) is 0 Å². The predicted octanol–water partition coefficient (Wildman–Crippen LogP) is 1.42. The first-order chi connectivity index (χ1) is 10.0. The summed E-state index contributed by atoms with van der Waals surface area (Å²) in [4.78, 5) is 34.5. The van der Waals surface area contributed by atoms with E-state index in [1.165, 1.54) is 6.92 Å². The molecule has 1 aromatic carbocycles. The maximum absolute atomic E-state index is 12.1. The molecular formula is C16H19NO4. The third-order valence-electron chi connectivity index (χ3n) is 2.67. The van der Waals surface area contributed by atoms with E-state index >= 15 is 0 Å². The first-order valence-corrected chi connectivity index (χ1v) is 6.72. The molecule has 0 aliphatic rings. The molecule has 1 unspecified atom stereocenters. The van der Waals surface area contributed by atoms with Gasteiger partial charge < -0.3 is 10.1 Å². The average molecular weight is 289 g/mol. The van der Waals surface area contributed by atoms with Crippen LogP contribution in [0.15, 0.2) is 42.5 Å². The van der Waals surface area contributed by atoms with Gasteiger partial charge >= 0.3 is 5.97 Å². The van der Waals surface area contributed by atoms with Crippen LogP contribution in [0.5, 0.6) is 0 Å². The van der Waals surface area contributed by atoms with Crippen molar-refractivity contribution in [3.8, 4) is 0 Å². The monoisotopic (exact) mass is 289 g/mol. The fourth-order valence-corrected chi connectivity index (χ4v) is 1.77. The van der Waals surface area contributed by atoms with E-state index in [9.17, 15) is 14.4 Å². The quantitative estimate of drug-likeness (QED) is 0.608. The molecule has 0 fully saturated rings. The number of ether oxygens (including phenoxy) is 1. The molecule has 0 aliphatic carbocycles. The second-order valence-corrected chi connectivity index (χ2v) is 4.43. The number of amides is 1. The lowest BCUT2D eigenvalue weighted by atomic mass is 10.0. The zero-order chi connectivity index (χ0) is 15.7. The minimum absolute atomic E-state index is 0.247. The Balaban J connectivity index is 2.75. The van der Waals surface area contributed by atoms with Crippen LogP contribution in [0, 0.1) is 0 Å². The van der Waals surface area contributed by atoms with Gasteiger partial charge in [0.05, 0.1) is 12.6 Å². The van der Waals surface area contributed by atoms with Crippen molar-refractivity contribution in [2.45, 2.75) is 26.3 Å². The van der Waals surface area contributed by atoms with Crippen LogP contribution in [0.25, 0.3) is 0 Å². The second-order valence-electron chi connectivity index (χ2n) is 4.43. The minimum atomic E-state index is -0.699. The molecule has 0 aromatic heterocycles. The van der Waals surface area contributed by atoms with Gasteiger partial charge in [0.15, 0.2) is 5.78 Å². The van der Waals surface area contributed by atoms with Gasteiger partial charge in [0.25, 0.3) is 0 Å². The third kappa shape index (κ3) is 6.51. The lowest BCUT2D eigenvalue weighted by Gasteiger charge is -2.15. The van der Waals surface area contributed by atoms with Crippen LogP contribution in [0.1, 0.15) is 19.4 Å². The Bertz CT molecular complexity index is 522. The molecule has 0 radical (unpaired) electrons. The molecule has 0 aliphatic heterocycles. The lowest BCUT2D eigenvalue weighted by molar-refractivity contribution is -0.137. The number of hydrogen-bond acceptors (Lipinski definition) is 4. The number of esters is 1. The summed E-state index contributed by atoms with van der Waals surface area (Å²) < 4.78 is 4.71. The summed E-state index contributed by atoms with van der Waals surface area (Å²) in [6.45, 7) is 3.28. The van der Waals surface area contributed by atoms with E-state index in [1.807, 2.05) is 30.3 Å². The zero-order valence-corrected chi connectivity index (χ0v) is 12.2. The van der Waals surface area contributed by atoms with E-state index < -0.39 is 12.0 Å². The second kappa shape index (κ2) is 8.68. The Labute approximate surface area is 124 Å². The fraction of sp³-hybridized carbons (Fsp3) is 0.312. The number of rotatable bonds is 7. The molecule has 5 heteroatoms. The highest BCUT2D eigenvalue weighted by Crippen LogP contribution is 2.05. The average Bonchev–Trinajstić information content (AvgIpc) is 2.45. The van der Waals surface area contributed by atoms with Crippen molar-refractivity contribution < 1.29 is 19.1 Å². The minimum Gasteiger partial charge on any atom is -0.463 e. The molecule has 0 saturated carbocycles. The van der Waals surface area contributed by atoms with Crippen LogP contribution < -0.4 is 5.32 Å². The highest BCUT2D eigenvalue weighted by Gasteiger charge is 2.17. The summed E-state index contributed by atoms with van der Waals surface area (Å²) in [5.41, 5.74) is 0.925. The molecule has 21 heavy (non-hydrogen) atoms. The van der Waals surface area contributed by atoms with E-state index in [2.05, 4.69) is 5.32 Å². The first kappa shape index (κ1) is 16.6. The van der Waals surface area contributed by atoms with Crippen molar-refractivity contribution in [2.75, 3.05) is 6.61 Å². The fourth-order valence-electron chi connectivity index (χ4n) is 1.77. The summed E-state index contributed by atoms with van der Waals surface area (Å²) in [6, 6.07) is 8.64. The van der Waals surface area contributed by atoms with Crippen LogP contribution in [0.2, 0.25) is 0 Å². The van der Waals surface area contributed by atoms with Crippen molar-refractivity contribution in [3.63, 3.8) is 0 Å². The van der Waals surface area contributed by atoms with Gasteiger partial charge in [-0.15, -0.1) is 0 Å². The molecule has 0 saturated heterocycles. The molecule has 0 spiro atoms. The smallest absolute Gasteiger partial charge is 0.330 e. The summed E-state index contributed by atoms with van der Waals surface area (Å²) in [6.07, 6.45) is 2.58. The van der Waals surface area contributed by atoms with Gasteiger partial charge in [-0.25, -0.2) is 4.79 Å². The molecule has 1 atom stereocenters. The summed E-state index contributed by atoms with van der Waals surface area (Å²) in [5.74, 6) is -1.22. The maximum Gasteiger partial charge on any atom is 0.330 e. The molecule has 1 N–H and O–H groups in total. The molecule has 0 bridgehead atoms. The summed E-state index contributed by atoms with van der Waals surface area (Å²) in [5, 5.41) is 2.59. The van der Waals surface area contributed by atoms with Crippen molar-refractivity contribution >= 4 is 17.7 Å². The molecule has 5 nitrogen and oxygen atoms in total. The van der Waals surface area contributed by atoms with Gasteiger partial charge in [0.2, 0.25) is 5.91 Å². The third-order valence-corrected chi connectivity index (χ3v) is 2.67. The summed E-state index contributed by atoms with van der Waals surface area (Å²) in [7, 11) is 0. The molecule has 1 amide bonds. The number of ketones is 1. The van der Waals surface area contributed by atoms with E-state index in [-0.39, 0.29) is 18.3 Å². The molecule has 0 heterocycles. The maximum atomic E-state index is 12.1. The first-order valence-electron chi connectivity index (χ1n) is 6.72. The summed E-state index contributed by atoms with van der Waals surface area (Å²) >= 11 is 0. The van der Waals surface area contributed by atoms with Crippen molar-refractivity contribution in [1.82, 2.24) is 5.32 Å². The number of carbonyl (C=O) groups is 3. The van der Waals surface area contributed by atoms with Gasteiger partial charge in [0.1, 0.15) is 0 Å². The standard InChI is InChI=1S/C16H19NO4/c1-3-21-16(20)10-9-15(19)14(17-12(2)18)11-13-7-5-4-6-8-13/h4-10,14H,3,11H2,1-2H3,(H,17,18)/b10-9-. The number of nitrogens with one attached hydrogen (secondary N) is 1. The largest absolute Gasteiger partial charge is 0.463 e. The highest BCUT2D eigenvalue weighted by molar-refractivity contribution is 6.00. The van der Waals surface area contributed by atoms with Gasteiger partial charge in [-0.1, -0.05) is 30.3 Å². The van der Waals surface area contributed by atoms with Gasteiger partial charge in [-0.05, 0) is 18.6 Å². The van der Waals surface area contributed by atoms with Gasteiger partial charge in [-0.2, -0.15) is 0 Å². The Morgan fingerprint density at radius 3 is 2.43 bits per heavy atom. The van der Waals surface area contributed by atoms with E-state index in [4.69, 9.17) is 4.74 Å². The Kier molecular flexibility index (Phi) is 6.87. The normalized spacial score (nSPS) is 11.9. The Hall–Kier alpha value is -2.43. The van der Waals surface area contributed by atoms with Crippen molar-refractivity contribution in [3.05, 3.63) is 48.0 Å². The lowest BCUT2D eigenvalue weighted by Crippen LogP contribution is -2.40. The number of hydrogen-bond donors (Lipinski definition) is 1. The number of carbonyl (C=O) groups excluding carboxylic acids is 3. The molecule has 112 valence electrons. The number of benzene rings is 1. The predicted molar refractivity (Wildman–Crippen MR) is 78.5 cm³/mol. The van der Waals surface area contributed by atoms with Gasteiger partial charge in [0, 0.05) is 19.4 Å². The van der Waals surface area contributed by atoms with E-state index in [1.54, 1.807) is 6.92 Å². The Morgan fingerprint density at radius 2 is 1.86 bits per heavy atom. The highest BCUT2D eigenvalue weighted by atomic mass is 16.5. The van der Waals surface area contributed by atoms with Crippen molar-refractivity contribution in [1.29, 1.82) is 0 Å². The van der Waals surface area contributed by atoms with Crippen LogP contribution in [-0.4, -0.2) is 30.3 Å². The van der Waals surface area contributed by atoms with Crippen LogP contribution in [-0.2, 0) is 25.5 Å². The van der Waals surface area contributed by atoms with Gasteiger partial charge in [-0.3, -0.25) is 9.59 Å². The SMILES string of the molecule is CCOC(=O)/C=C\C(=O)C(Cc1ccccc1)NC(C)=O. The Morgan fingerprint density at radius 1 is 1.19 bits per heavy atom. The zero-order valence-electron chi connectivity index (χ0n) is 12.2. The molecule has 1 aromatic rings. The van der Waals surface area contributed by atoms with Crippen molar-refractivity contribution in [2.24, 2.45) is 0 Å². The van der Waals surface area contributed by atoms with E-state index in [0.29, 0.717) is 6.42 Å². The molecular weight excluding hydrogens is 270 g/mol. The van der Waals surface area contributed by atoms with Crippen LogP contribution in [0.3, 0.4) is 0 Å². The van der Waals surface area contributed by atoms with E-state index in [0.717, 1.165) is 17.7 Å². The topological polar surface area (TPSA) is 72.5 Å². The van der Waals surface area contributed by atoms with Crippen LogP contribution >= 0.6 is 0 Å².